The number of methoxy groups -OCH3 is 1. The molecule has 116 valence electrons. The number of aromatic nitrogens is 2. The van der Waals surface area contributed by atoms with Crippen molar-refractivity contribution in [1.29, 1.82) is 0 Å². The highest BCUT2D eigenvalue weighted by atomic mass is 16.5. The topological polar surface area (TPSA) is 56.1 Å². The second-order valence-corrected chi connectivity index (χ2v) is 5.79. The van der Waals surface area contributed by atoms with E-state index in [1.807, 2.05) is 41.9 Å². The molecule has 0 saturated heterocycles. The zero-order valence-corrected chi connectivity index (χ0v) is 13.0. The minimum absolute atomic E-state index is 0.0235. The summed E-state index contributed by atoms with van der Waals surface area (Å²) in [7, 11) is 1.63. The number of nitrogens with one attached hydrogen (secondary N) is 1. The van der Waals surface area contributed by atoms with Crippen LogP contribution in [-0.4, -0.2) is 35.4 Å². The lowest BCUT2D eigenvalue weighted by molar-refractivity contribution is 0.0904. The molecule has 0 spiro atoms. The molecule has 1 saturated carbocycles. The number of carbonyl (C=O) groups excluding carboxylic acids is 1. The Labute approximate surface area is 130 Å². The highest BCUT2D eigenvalue weighted by Crippen LogP contribution is 2.42. The second-order valence-electron chi connectivity index (χ2n) is 5.79. The molecule has 5 heteroatoms. The van der Waals surface area contributed by atoms with Gasteiger partial charge < -0.3 is 10.1 Å². The van der Waals surface area contributed by atoms with Gasteiger partial charge in [-0.15, -0.1) is 0 Å². The average molecular weight is 299 g/mol. The van der Waals surface area contributed by atoms with Crippen molar-refractivity contribution < 1.29 is 9.53 Å². The largest absolute Gasteiger partial charge is 0.383 e. The van der Waals surface area contributed by atoms with Gasteiger partial charge in [0, 0.05) is 19.1 Å². The van der Waals surface area contributed by atoms with Crippen LogP contribution >= 0.6 is 0 Å². The van der Waals surface area contributed by atoms with Gasteiger partial charge in [-0.2, -0.15) is 5.10 Å². The summed E-state index contributed by atoms with van der Waals surface area (Å²) in [5.74, 6) is 0.356. The van der Waals surface area contributed by atoms with Gasteiger partial charge in [0.25, 0.3) is 5.91 Å². The number of benzene rings is 1. The van der Waals surface area contributed by atoms with Crippen LogP contribution in [0.15, 0.2) is 36.5 Å². The van der Waals surface area contributed by atoms with E-state index in [0.717, 1.165) is 24.2 Å². The Hall–Kier alpha value is -2.14. The van der Waals surface area contributed by atoms with E-state index in [1.54, 1.807) is 13.3 Å². The van der Waals surface area contributed by atoms with Crippen LogP contribution in [0, 0.1) is 0 Å². The van der Waals surface area contributed by atoms with Gasteiger partial charge in [0.05, 0.1) is 29.7 Å². The van der Waals surface area contributed by atoms with E-state index in [0.29, 0.717) is 18.1 Å². The van der Waals surface area contributed by atoms with Crippen LogP contribution in [0.1, 0.15) is 41.7 Å². The molecule has 1 heterocycles. The van der Waals surface area contributed by atoms with Crippen LogP contribution in [0.4, 0.5) is 0 Å². The molecule has 5 nitrogen and oxygen atoms in total. The standard InChI is InChI=1S/C17H21N3O2/c1-12(11-22-2)19-17(21)15-10-18-20(16(15)13-8-9-13)14-6-4-3-5-7-14/h3-7,10,12-13H,8-9,11H2,1-2H3,(H,19,21)/t12-/m0/s1. The van der Waals surface area contributed by atoms with Crippen LogP contribution in [0.3, 0.4) is 0 Å². The third-order valence-electron chi connectivity index (χ3n) is 3.81. The molecule has 2 aromatic rings. The Bertz CT molecular complexity index is 647. The smallest absolute Gasteiger partial charge is 0.255 e. The Morgan fingerprint density at radius 2 is 2.14 bits per heavy atom. The van der Waals surface area contributed by atoms with E-state index in [-0.39, 0.29) is 11.9 Å². The van der Waals surface area contributed by atoms with E-state index in [4.69, 9.17) is 4.74 Å². The summed E-state index contributed by atoms with van der Waals surface area (Å²) in [4.78, 5) is 12.5. The fraction of sp³-hybridized carbons (Fsp3) is 0.412. The first kappa shape index (κ1) is 14.8. The first-order chi connectivity index (χ1) is 10.7. The van der Waals surface area contributed by atoms with Crippen LogP contribution in [0.25, 0.3) is 5.69 Å². The fourth-order valence-electron chi connectivity index (χ4n) is 2.65. The number of rotatable bonds is 6. The van der Waals surface area contributed by atoms with Crippen LogP contribution in [-0.2, 0) is 4.74 Å². The SMILES string of the molecule is COC[C@H](C)NC(=O)c1cnn(-c2ccccc2)c1C1CC1. The number of amides is 1. The third kappa shape index (κ3) is 3.04. The van der Waals surface area contributed by atoms with Crippen LogP contribution < -0.4 is 5.32 Å². The van der Waals surface area contributed by atoms with Crippen molar-refractivity contribution in [1.82, 2.24) is 15.1 Å². The fourth-order valence-corrected chi connectivity index (χ4v) is 2.65. The minimum Gasteiger partial charge on any atom is -0.383 e. The predicted octanol–water partition coefficient (Wildman–Crippen LogP) is 2.51. The quantitative estimate of drug-likeness (QED) is 0.891. The zero-order valence-electron chi connectivity index (χ0n) is 13.0. The molecular weight excluding hydrogens is 278 g/mol. The lowest BCUT2D eigenvalue weighted by atomic mass is 10.1. The van der Waals surface area contributed by atoms with Crippen molar-refractivity contribution >= 4 is 5.91 Å². The van der Waals surface area contributed by atoms with E-state index in [2.05, 4.69) is 10.4 Å². The van der Waals surface area contributed by atoms with Crippen molar-refractivity contribution in [3.63, 3.8) is 0 Å². The van der Waals surface area contributed by atoms with E-state index in [9.17, 15) is 4.79 Å². The van der Waals surface area contributed by atoms with Gasteiger partial charge in [0.2, 0.25) is 0 Å². The number of hydrogen-bond donors (Lipinski definition) is 1. The molecule has 1 aromatic carbocycles. The summed E-state index contributed by atoms with van der Waals surface area (Å²) >= 11 is 0. The molecule has 1 amide bonds. The highest BCUT2D eigenvalue weighted by molar-refractivity contribution is 5.95. The summed E-state index contributed by atoms with van der Waals surface area (Å²) in [6.07, 6.45) is 3.91. The Balaban J connectivity index is 1.89. The summed E-state index contributed by atoms with van der Waals surface area (Å²) in [5.41, 5.74) is 2.69. The highest BCUT2D eigenvalue weighted by Gasteiger charge is 2.33. The molecule has 0 aliphatic heterocycles. The third-order valence-corrected chi connectivity index (χ3v) is 3.81. The number of ether oxygens (including phenoxy) is 1. The maximum Gasteiger partial charge on any atom is 0.255 e. The van der Waals surface area contributed by atoms with Crippen LogP contribution in [0.5, 0.6) is 0 Å². The molecule has 3 rings (SSSR count). The Morgan fingerprint density at radius 1 is 1.41 bits per heavy atom. The van der Waals surface area contributed by atoms with Gasteiger partial charge in [-0.05, 0) is 31.9 Å². The molecule has 1 aliphatic rings. The van der Waals surface area contributed by atoms with E-state index >= 15 is 0 Å². The van der Waals surface area contributed by atoms with E-state index in [1.165, 1.54) is 0 Å². The Kier molecular flexibility index (Phi) is 4.24. The molecule has 1 aliphatic carbocycles. The van der Waals surface area contributed by atoms with Gasteiger partial charge in [-0.25, -0.2) is 4.68 Å². The number of carbonyl (C=O) groups is 1. The van der Waals surface area contributed by atoms with Gasteiger partial charge in [0.1, 0.15) is 0 Å². The zero-order chi connectivity index (χ0) is 15.5. The van der Waals surface area contributed by atoms with Crippen molar-refractivity contribution in [3.8, 4) is 5.69 Å². The predicted molar refractivity (Wildman–Crippen MR) is 84.3 cm³/mol. The van der Waals surface area contributed by atoms with Gasteiger partial charge in [-0.3, -0.25) is 4.79 Å². The first-order valence-corrected chi connectivity index (χ1v) is 7.64. The first-order valence-electron chi connectivity index (χ1n) is 7.64. The van der Waals surface area contributed by atoms with Crippen molar-refractivity contribution in [3.05, 3.63) is 47.8 Å². The lowest BCUT2D eigenvalue weighted by Gasteiger charge is -2.13. The molecule has 0 bridgehead atoms. The number of hydrogen-bond acceptors (Lipinski definition) is 3. The molecule has 1 fully saturated rings. The molecule has 1 aromatic heterocycles. The lowest BCUT2D eigenvalue weighted by Crippen LogP contribution is -2.35. The average Bonchev–Trinajstić information content (AvgIpc) is 3.26. The summed E-state index contributed by atoms with van der Waals surface area (Å²) < 4.78 is 6.97. The summed E-state index contributed by atoms with van der Waals surface area (Å²) in [6, 6.07) is 9.93. The number of para-hydroxylation sites is 1. The molecule has 0 unspecified atom stereocenters. The summed E-state index contributed by atoms with van der Waals surface area (Å²) in [6.45, 7) is 2.43. The molecule has 0 radical (unpaired) electrons. The maximum absolute atomic E-state index is 12.5. The Morgan fingerprint density at radius 3 is 2.77 bits per heavy atom. The van der Waals surface area contributed by atoms with Crippen molar-refractivity contribution in [2.75, 3.05) is 13.7 Å². The van der Waals surface area contributed by atoms with Gasteiger partial charge in [-0.1, -0.05) is 18.2 Å². The molecule has 1 N–H and O–H groups in total. The van der Waals surface area contributed by atoms with Gasteiger partial charge >= 0.3 is 0 Å². The van der Waals surface area contributed by atoms with Crippen LogP contribution in [0.2, 0.25) is 0 Å². The van der Waals surface area contributed by atoms with Gasteiger partial charge in [0.15, 0.2) is 0 Å². The second kappa shape index (κ2) is 6.32. The molecule has 1 atom stereocenters. The normalized spacial score (nSPS) is 15.5. The molecule has 22 heavy (non-hydrogen) atoms. The minimum atomic E-state index is -0.0753. The van der Waals surface area contributed by atoms with Crippen molar-refractivity contribution in [2.45, 2.75) is 31.7 Å². The van der Waals surface area contributed by atoms with Crippen molar-refractivity contribution in [2.24, 2.45) is 0 Å². The molecular formula is C17H21N3O2. The monoisotopic (exact) mass is 299 g/mol. The summed E-state index contributed by atoms with van der Waals surface area (Å²) in [5, 5.41) is 7.41. The van der Waals surface area contributed by atoms with E-state index < -0.39 is 0 Å². The number of nitrogens with zero attached hydrogens (tertiary/aromatic N) is 2. The maximum atomic E-state index is 12.5.